The van der Waals surface area contributed by atoms with E-state index in [1.807, 2.05) is 17.7 Å². The Bertz CT molecular complexity index is 530. The second kappa shape index (κ2) is 6.41. The minimum atomic E-state index is -0.280. The van der Waals surface area contributed by atoms with Crippen molar-refractivity contribution in [3.63, 3.8) is 0 Å². The first-order valence-electron chi connectivity index (χ1n) is 8.21. The SMILES string of the molecule is Cc1cc(C(=O)N(C)CC2CCCCC2O)nn1C(C)(C)C. The summed E-state index contributed by atoms with van der Waals surface area (Å²) in [6.45, 7) is 8.79. The van der Waals surface area contributed by atoms with Crippen LogP contribution in [0.1, 0.15) is 62.6 Å². The molecule has 0 aromatic carbocycles. The lowest BCUT2D eigenvalue weighted by Gasteiger charge is -2.31. The number of carbonyl (C=O) groups is 1. The van der Waals surface area contributed by atoms with Crippen LogP contribution in [0.2, 0.25) is 0 Å². The van der Waals surface area contributed by atoms with Crippen LogP contribution < -0.4 is 0 Å². The topological polar surface area (TPSA) is 58.4 Å². The van der Waals surface area contributed by atoms with E-state index in [-0.39, 0.29) is 23.5 Å². The maximum absolute atomic E-state index is 12.6. The Kier molecular flexibility index (Phi) is 4.95. The van der Waals surface area contributed by atoms with Gasteiger partial charge in [0, 0.05) is 25.2 Å². The van der Waals surface area contributed by atoms with Gasteiger partial charge in [0.2, 0.25) is 0 Å². The third kappa shape index (κ3) is 3.69. The summed E-state index contributed by atoms with van der Waals surface area (Å²) < 4.78 is 1.89. The second-order valence-corrected chi connectivity index (χ2v) is 7.55. The fourth-order valence-electron chi connectivity index (χ4n) is 3.29. The Morgan fingerprint density at radius 2 is 2.05 bits per heavy atom. The molecular formula is C17H29N3O2. The van der Waals surface area contributed by atoms with Crippen LogP contribution in [0.3, 0.4) is 0 Å². The minimum absolute atomic E-state index is 0.0659. The molecule has 1 aliphatic carbocycles. The van der Waals surface area contributed by atoms with E-state index in [4.69, 9.17) is 0 Å². The Morgan fingerprint density at radius 1 is 1.41 bits per heavy atom. The van der Waals surface area contributed by atoms with E-state index < -0.39 is 0 Å². The zero-order valence-corrected chi connectivity index (χ0v) is 14.5. The monoisotopic (exact) mass is 307 g/mol. The third-order valence-electron chi connectivity index (χ3n) is 4.47. The average molecular weight is 307 g/mol. The molecule has 0 aliphatic heterocycles. The van der Waals surface area contributed by atoms with Crippen molar-refractivity contribution in [2.24, 2.45) is 5.92 Å². The molecule has 2 unspecified atom stereocenters. The Balaban J connectivity index is 2.07. The molecule has 1 aromatic rings. The van der Waals surface area contributed by atoms with E-state index in [9.17, 15) is 9.90 Å². The van der Waals surface area contributed by atoms with Crippen LogP contribution in [0.15, 0.2) is 6.07 Å². The number of rotatable bonds is 3. The molecular weight excluding hydrogens is 278 g/mol. The van der Waals surface area contributed by atoms with Crippen molar-refractivity contribution in [3.8, 4) is 0 Å². The molecule has 0 radical (unpaired) electrons. The van der Waals surface area contributed by atoms with Crippen LogP contribution in [-0.2, 0) is 5.54 Å². The Labute approximate surface area is 133 Å². The Morgan fingerprint density at radius 3 is 2.59 bits per heavy atom. The van der Waals surface area contributed by atoms with Gasteiger partial charge in [-0.05, 0) is 46.6 Å². The number of amides is 1. The summed E-state index contributed by atoms with van der Waals surface area (Å²) in [5.74, 6) is 0.123. The molecule has 0 saturated heterocycles. The predicted octanol–water partition coefficient (Wildman–Crippen LogP) is 2.57. The van der Waals surface area contributed by atoms with Gasteiger partial charge in [-0.15, -0.1) is 0 Å². The number of nitrogens with zero attached hydrogens (tertiary/aromatic N) is 3. The molecule has 0 spiro atoms. The molecule has 5 heteroatoms. The first-order valence-corrected chi connectivity index (χ1v) is 8.21. The molecule has 1 aliphatic rings. The number of hydrogen-bond acceptors (Lipinski definition) is 3. The first kappa shape index (κ1) is 17.0. The van der Waals surface area contributed by atoms with Gasteiger partial charge in [0.25, 0.3) is 5.91 Å². The number of aromatic nitrogens is 2. The van der Waals surface area contributed by atoms with Gasteiger partial charge in [-0.1, -0.05) is 12.8 Å². The highest BCUT2D eigenvalue weighted by Crippen LogP contribution is 2.25. The summed E-state index contributed by atoms with van der Waals surface area (Å²) in [4.78, 5) is 14.3. The maximum atomic E-state index is 12.6. The number of aliphatic hydroxyl groups excluding tert-OH is 1. The summed E-state index contributed by atoms with van der Waals surface area (Å²) in [5.41, 5.74) is 1.34. The Hall–Kier alpha value is -1.36. The highest BCUT2D eigenvalue weighted by atomic mass is 16.3. The lowest BCUT2D eigenvalue weighted by molar-refractivity contribution is 0.0448. The molecule has 1 fully saturated rings. The van der Waals surface area contributed by atoms with Gasteiger partial charge in [0.05, 0.1) is 11.6 Å². The summed E-state index contributed by atoms with van der Waals surface area (Å²) >= 11 is 0. The van der Waals surface area contributed by atoms with E-state index in [1.165, 1.54) is 0 Å². The molecule has 2 atom stereocenters. The van der Waals surface area contributed by atoms with E-state index in [0.717, 1.165) is 31.4 Å². The second-order valence-electron chi connectivity index (χ2n) is 7.55. The molecule has 1 amide bonds. The van der Waals surface area contributed by atoms with Crippen LogP contribution in [0.25, 0.3) is 0 Å². The summed E-state index contributed by atoms with van der Waals surface area (Å²) in [6.07, 6.45) is 3.79. The number of aryl methyl sites for hydroxylation is 1. The number of hydrogen-bond donors (Lipinski definition) is 1. The van der Waals surface area contributed by atoms with Gasteiger partial charge in [-0.25, -0.2) is 0 Å². The van der Waals surface area contributed by atoms with E-state index >= 15 is 0 Å². The largest absolute Gasteiger partial charge is 0.393 e. The molecule has 22 heavy (non-hydrogen) atoms. The fourth-order valence-corrected chi connectivity index (χ4v) is 3.29. The van der Waals surface area contributed by atoms with Gasteiger partial charge in [-0.3, -0.25) is 9.48 Å². The van der Waals surface area contributed by atoms with Gasteiger partial charge >= 0.3 is 0 Å². The molecule has 5 nitrogen and oxygen atoms in total. The van der Waals surface area contributed by atoms with Crippen LogP contribution in [0.5, 0.6) is 0 Å². The lowest BCUT2D eigenvalue weighted by Crippen LogP contribution is -2.38. The van der Waals surface area contributed by atoms with Crippen molar-refractivity contribution in [2.75, 3.05) is 13.6 Å². The highest BCUT2D eigenvalue weighted by Gasteiger charge is 2.27. The fraction of sp³-hybridized carbons (Fsp3) is 0.765. The molecule has 1 N–H and O–H groups in total. The summed E-state index contributed by atoms with van der Waals surface area (Å²) in [5, 5.41) is 14.5. The molecule has 1 aromatic heterocycles. The van der Waals surface area contributed by atoms with Gasteiger partial charge < -0.3 is 10.0 Å². The van der Waals surface area contributed by atoms with Gasteiger partial charge in [-0.2, -0.15) is 5.10 Å². The standard InChI is InChI=1S/C17H29N3O2/c1-12-10-14(18-20(12)17(2,3)4)16(22)19(5)11-13-8-6-7-9-15(13)21/h10,13,15,21H,6-9,11H2,1-5H3. The quantitative estimate of drug-likeness (QED) is 0.933. The molecule has 124 valence electrons. The van der Waals surface area contributed by atoms with Crippen molar-refractivity contribution in [3.05, 3.63) is 17.5 Å². The normalized spacial score (nSPS) is 22.6. The number of aliphatic hydroxyl groups is 1. The van der Waals surface area contributed by atoms with Gasteiger partial charge in [0.1, 0.15) is 0 Å². The van der Waals surface area contributed by atoms with Crippen molar-refractivity contribution in [1.29, 1.82) is 0 Å². The van der Waals surface area contributed by atoms with Crippen molar-refractivity contribution < 1.29 is 9.90 Å². The van der Waals surface area contributed by atoms with Crippen LogP contribution in [0, 0.1) is 12.8 Å². The van der Waals surface area contributed by atoms with Crippen molar-refractivity contribution >= 4 is 5.91 Å². The zero-order chi connectivity index (χ0) is 16.5. The predicted molar refractivity (Wildman–Crippen MR) is 86.9 cm³/mol. The summed E-state index contributed by atoms with van der Waals surface area (Å²) in [7, 11) is 1.80. The van der Waals surface area contributed by atoms with E-state index in [0.29, 0.717) is 12.2 Å². The van der Waals surface area contributed by atoms with Crippen molar-refractivity contribution in [2.45, 2.75) is 65.0 Å². The van der Waals surface area contributed by atoms with Crippen LogP contribution in [0.4, 0.5) is 0 Å². The van der Waals surface area contributed by atoms with E-state index in [2.05, 4.69) is 25.9 Å². The molecule has 2 rings (SSSR count). The molecule has 1 saturated carbocycles. The zero-order valence-electron chi connectivity index (χ0n) is 14.5. The number of carbonyl (C=O) groups excluding carboxylic acids is 1. The molecule has 0 bridgehead atoms. The summed E-state index contributed by atoms with van der Waals surface area (Å²) in [6, 6.07) is 1.85. The average Bonchev–Trinajstić information content (AvgIpc) is 2.82. The highest BCUT2D eigenvalue weighted by molar-refractivity contribution is 5.92. The lowest BCUT2D eigenvalue weighted by atomic mass is 9.86. The minimum Gasteiger partial charge on any atom is -0.393 e. The maximum Gasteiger partial charge on any atom is 0.274 e. The molecule has 1 heterocycles. The van der Waals surface area contributed by atoms with Gasteiger partial charge in [0.15, 0.2) is 5.69 Å². The van der Waals surface area contributed by atoms with Crippen molar-refractivity contribution in [1.82, 2.24) is 14.7 Å². The smallest absolute Gasteiger partial charge is 0.274 e. The first-order chi connectivity index (χ1) is 10.2. The third-order valence-corrected chi connectivity index (χ3v) is 4.47. The van der Waals surface area contributed by atoms with Crippen LogP contribution in [-0.4, -0.2) is 45.4 Å². The van der Waals surface area contributed by atoms with Crippen LogP contribution >= 0.6 is 0 Å². The van der Waals surface area contributed by atoms with E-state index in [1.54, 1.807) is 11.9 Å².